The van der Waals surface area contributed by atoms with Gasteiger partial charge in [-0.3, -0.25) is 4.98 Å². The van der Waals surface area contributed by atoms with Gasteiger partial charge in [0.05, 0.1) is 12.3 Å². The maximum Gasteiger partial charge on any atom is 0.225 e. The molecule has 0 amide bonds. The van der Waals surface area contributed by atoms with Gasteiger partial charge in [-0.2, -0.15) is 4.98 Å². The summed E-state index contributed by atoms with van der Waals surface area (Å²) in [6.07, 6.45) is 3.43. The Morgan fingerprint density at radius 2 is 1.92 bits per heavy atom. The highest BCUT2D eigenvalue weighted by Gasteiger charge is 2.09. The van der Waals surface area contributed by atoms with E-state index < -0.39 is 0 Å². The molecule has 2 heterocycles. The number of aliphatic hydroxyl groups excluding tert-OH is 1. The monoisotopic (exact) mass is 355 g/mol. The molecule has 0 saturated carbocycles. The maximum atomic E-state index is 9.26. The third-order valence-electron chi connectivity index (χ3n) is 3.45. The minimum absolute atomic E-state index is 0.0140. The molecule has 0 unspecified atom stereocenters. The summed E-state index contributed by atoms with van der Waals surface area (Å²) in [4.78, 5) is 13.0. The molecule has 3 N–H and O–H groups in total. The first-order chi connectivity index (χ1) is 12.1. The molecule has 0 radical (unpaired) electrons. The van der Waals surface area contributed by atoms with Crippen molar-refractivity contribution >= 4 is 29.1 Å². The Hall–Kier alpha value is -2.70. The van der Waals surface area contributed by atoms with Gasteiger partial charge in [0.15, 0.2) is 0 Å². The first-order valence-electron chi connectivity index (χ1n) is 7.83. The molecule has 128 valence electrons. The van der Waals surface area contributed by atoms with Crippen LogP contribution in [0.25, 0.3) is 11.3 Å². The second-order valence-electron chi connectivity index (χ2n) is 5.56. The largest absolute Gasteiger partial charge is 0.394 e. The van der Waals surface area contributed by atoms with Gasteiger partial charge in [0.25, 0.3) is 0 Å². The molecule has 3 rings (SSSR count). The third-order valence-corrected chi connectivity index (χ3v) is 3.68. The van der Waals surface area contributed by atoms with Crippen LogP contribution < -0.4 is 10.6 Å². The fourth-order valence-corrected chi connectivity index (χ4v) is 2.42. The predicted octanol–water partition coefficient (Wildman–Crippen LogP) is 3.73. The second-order valence-corrected chi connectivity index (χ2v) is 6.00. The van der Waals surface area contributed by atoms with Crippen LogP contribution in [0.1, 0.15) is 6.92 Å². The van der Waals surface area contributed by atoms with E-state index in [0.29, 0.717) is 16.8 Å². The maximum absolute atomic E-state index is 9.26. The van der Waals surface area contributed by atoms with E-state index in [4.69, 9.17) is 11.6 Å². The van der Waals surface area contributed by atoms with Crippen molar-refractivity contribution in [2.45, 2.75) is 13.0 Å². The van der Waals surface area contributed by atoms with E-state index in [9.17, 15) is 5.11 Å². The van der Waals surface area contributed by atoms with Gasteiger partial charge in [0.2, 0.25) is 5.95 Å². The molecule has 1 atom stereocenters. The zero-order valence-electron chi connectivity index (χ0n) is 13.6. The lowest BCUT2D eigenvalue weighted by Gasteiger charge is -2.14. The topological polar surface area (TPSA) is 83.0 Å². The molecule has 1 aromatic carbocycles. The van der Waals surface area contributed by atoms with Crippen molar-refractivity contribution in [3.05, 3.63) is 59.9 Å². The fourth-order valence-electron chi connectivity index (χ4n) is 2.23. The van der Waals surface area contributed by atoms with Crippen molar-refractivity contribution in [2.75, 3.05) is 17.2 Å². The number of aromatic nitrogens is 3. The van der Waals surface area contributed by atoms with Crippen LogP contribution in [0.4, 0.5) is 17.5 Å². The molecule has 2 aromatic heterocycles. The van der Waals surface area contributed by atoms with E-state index in [1.807, 2.05) is 49.4 Å². The number of halogens is 1. The number of nitrogens with zero attached hydrogens (tertiary/aromatic N) is 3. The number of aliphatic hydroxyl groups is 1. The van der Waals surface area contributed by atoms with Gasteiger partial charge in [-0.05, 0) is 37.3 Å². The number of anilines is 3. The van der Waals surface area contributed by atoms with Gasteiger partial charge in [0.1, 0.15) is 5.82 Å². The highest BCUT2D eigenvalue weighted by Crippen LogP contribution is 2.24. The zero-order valence-corrected chi connectivity index (χ0v) is 14.4. The standard InChI is InChI=1S/C18H18ClN5O/c1-12(11-25)21-18-23-16(13-5-7-20-8-6-13)10-17(24-18)22-15-4-2-3-14(19)9-15/h2-10,12,25H,11H2,1H3,(H2,21,22,23,24)/t12-/m0/s1. The van der Waals surface area contributed by atoms with Crippen LogP contribution >= 0.6 is 11.6 Å². The van der Waals surface area contributed by atoms with Crippen LogP contribution in [0.2, 0.25) is 5.02 Å². The smallest absolute Gasteiger partial charge is 0.225 e. The van der Waals surface area contributed by atoms with Crippen molar-refractivity contribution < 1.29 is 5.11 Å². The summed E-state index contributed by atoms with van der Waals surface area (Å²) in [7, 11) is 0. The summed E-state index contributed by atoms with van der Waals surface area (Å²) in [5.41, 5.74) is 2.49. The number of benzene rings is 1. The first kappa shape index (κ1) is 17.1. The van der Waals surface area contributed by atoms with Crippen molar-refractivity contribution in [1.29, 1.82) is 0 Å². The Balaban J connectivity index is 1.97. The number of hydrogen-bond acceptors (Lipinski definition) is 6. The molecule has 0 fully saturated rings. The third kappa shape index (κ3) is 4.65. The summed E-state index contributed by atoms with van der Waals surface area (Å²) in [6.45, 7) is 1.84. The van der Waals surface area contributed by atoms with E-state index in [0.717, 1.165) is 16.9 Å². The van der Waals surface area contributed by atoms with Crippen LogP contribution in [0.3, 0.4) is 0 Å². The Morgan fingerprint density at radius 3 is 2.64 bits per heavy atom. The normalized spacial score (nSPS) is 11.8. The van der Waals surface area contributed by atoms with Gasteiger partial charge in [-0.1, -0.05) is 17.7 Å². The van der Waals surface area contributed by atoms with Gasteiger partial charge < -0.3 is 15.7 Å². The lowest BCUT2D eigenvalue weighted by atomic mass is 10.2. The lowest BCUT2D eigenvalue weighted by Crippen LogP contribution is -2.21. The van der Waals surface area contributed by atoms with Gasteiger partial charge in [-0.15, -0.1) is 0 Å². The minimum atomic E-state index is -0.160. The van der Waals surface area contributed by atoms with Crippen molar-refractivity contribution in [3.8, 4) is 11.3 Å². The molecule has 3 aromatic rings. The summed E-state index contributed by atoms with van der Waals surface area (Å²) < 4.78 is 0. The van der Waals surface area contributed by atoms with E-state index in [1.165, 1.54) is 0 Å². The van der Waals surface area contributed by atoms with E-state index in [2.05, 4.69) is 25.6 Å². The molecule has 0 bridgehead atoms. The molecule has 0 aliphatic heterocycles. The minimum Gasteiger partial charge on any atom is -0.394 e. The molecule has 25 heavy (non-hydrogen) atoms. The Bertz CT molecular complexity index is 844. The van der Waals surface area contributed by atoms with Crippen LogP contribution in [-0.2, 0) is 0 Å². The van der Waals surface area contributed by atoms with Gasteiger partial charge in [0, 0.05) is 40.8 Å². The van der Waals surface area contributed by atoms with Gasteiger partial charge >= 0.3 is 0 Å². The SMILES string of the molecule is C[C@@H](CO)Nc1nc(Nc2cccc(Cl)c2)cc(-c2ccncc2)n1. The molecular weight excluding hydrogens is 338 g/mol. The molecule has 0 saturated heterocycles. The lowest BCUT2D eigenvalue weighted by molar-refractivity contribution is 0.281. The summed E-state index contributed by atoms with van der Waals surface area (Å²) >= 11 is 6.04. The van der Waals surface area contributed by atoms with E-state index in [1.54, 1.807) is 12.4 Å². The van der Waals surface area contributed by atoms with Gasteiger partial charge in [-0.25, -0.2) is 4.98 Å². The average Bonchev–Trinajstić information content (AvgIpc) is 2.62. The Labute approximate surface area is 150 Å². The van der Waals surface area contributed by atoms with Crippen LogP contribution in [0.15, 0.2) is 54.9 Å². The molecule has 6 nitrogen and oxygen atoms in total. The van der Waals surface area contributed by atoms with E-state index in [-0.39, 0.29) is 12.6 Å². The molecular formula is C18H18ClN5O. The number of nitrogens with one attached hydrogen (secondary N) is 2. The molecule has 0 aliphatic carbocycles. The van der Waals surface area contributed by atoms with Crippen LogP contribution in [0, 0.1) is 0 Å². The highest BCUT2D eigenvalue weighted by molar-refractivity contribution is 6.30. The number of pyridine rings is 1. The molecule has 7 heteroatoms. The average molecular weight is 356 g/mol. The first-order valence-corrected chi connectivity index (χ1v) is 8.21. The number of rotatable bonds is 6. The summed E-state index contributed by atoms with van der Waals surface area (Å²) in [5, 5.41) is 16.2. The van der Waals surface area contributed by atoms with Crippen LogP contribution in [-0.4, -0.2) is 32.7 Å². The van der Waals surface area contributed by atoms with Crippen molar-refractivity contribution in [2.24, 2.45) is 0 Å². The Kier molecular flexibility index (Phi) is 5.42. The van der Waals surface area contributed by atoms with E-state index >= 15 is 0 Å². The fraction of sp³-hybridized carbons (Fsp3) is 0.167. The highest BCUT2D eigenvalue weighted by atomic mass is 35.5. The number of hydrogen-bond donors (Lipinski definition) is 3. The summed E-state index contributed by atoms with van der Waals surface area (Å²) in [6, 6.07) is 12.9. The zero-order chi connectivity index (χ0) is 17.6. The quantitative estimate of drug-likeness (QED) is 0.625. The van der Waals surface area contributed by atoms with Crippen molar-refractivity contribution in [1.82, 2.24) is 15.0 Å². The molecule has 0 aliphatic rings. The summed E-state index contributed by atoms with van der Waals surface area (Å²) in [5.74, 6) is 1.05. The van der Waals surface area contributed by atoms with Crippen LogP contribution in [0.5, 0.6) is 0 Å². The molecule has 0 spiro atoms. The Morgan fingerprint density at radius 1 is 1.12 bits per heavy atom. The second kappa shape index (κ2) is 7.92. The van der Waals surface area contributed by atoms with Crippen molar-refractivity contribution in [3.63, 3.8) is 0 Å². The predicted molar refractivity (Wildman–Crippen MR) is 100 cm³/mol.